The lowest BCUT2D eigenvalue weighted by molar-refractivity contribution is -0.115. The van der Waals surface area contributed by atoms with Crippen LogP contribution in [0.25, 0.3) is 11.3 Å². The maximum atomic E-state index is 11.8. The molecule has 2 fully saturated rings. The van der Waals surface area contributed by atoms with Crippen molar-refractivity contribution in [1.82, 2.24) is 16.0 Å². The molecule has 9 heteroatoms. The first-order chi connectivity index (χ1) is 16.6. The summed E-state index contributed by atoms with van der Waals surface area (Å²) in [7, 11) is 0. The predicted octanol–water partition coefficient (Wildman–Crippen LogP) is 4.00. The van der Waals surface area contributed by atoms with Gasteiger partial charge in [-0.2, -0.15) is 0 Å². The first-order valence-corrected chi connectivity index (χ1v) is 12.4. The number of rotatable bonds is 6. The average molecular weight is 478 g/mol. The van der Waals surface area contributed by atoms with E-state index in [0.717, 1.165) is 55.3 Å². The van der Waals surface area contributed by atoms with Crippen LogP contribution in [-0.4, -0.2) is 41.4 Å². The molecule has 2 aromatic rings. The Kier molecular flexibility index (Phi) is 6.92. The van der Waals surface area contributed by atoms with Gasteiger partial charge in [0.25, 0.3) is 11.1 Å². The molecule has 1 aliphatic carbocycles. The minimum Gasteiger partial charge on any atom is -0.464 e. The number of hydrogen-bond donors (Lipinski definition) is 3. The molecule has 1 unspecified atom stereocenters. The molecule has 2 amide bonds. The van der Waals surface area contributed by atoms with Crippen molar-refractivity contribution in [3.05, 3.63) is 59.2 Å². The molecule has 3 N–H and O–H groups in total. The van der Waals surface area contributed by atoms with Crippen molar-refractivity contribution < 1.29 is 14.0 Å². The summed E-state index contributed by atoms with van der Waals surface area (Å²) in [5.41, 5.74) is 2.34. The van der Waals surface area contributed by atoms with E-state index in [9.17, 15) is 9.59 Å². The number of carbonyl (C=O) groups is 2. The van der Waals surface area contributed by atoms with Gasteiger partial charge in [-0.05, 0) is 67.3 Å². The Balaban J connectivity index is 1.09. The fourth-order valence-electron chi connectivity index (χ4n) is 4.44. The number of carbonyl (C=O) groups excluding carboxylic acids is 2. The Bertz CT molecular complexity index is 1130. The second-order valence-electron chi connectivity index (χ2n) is 8.69. The monoisotopic (exact) mass is 477 g/mol. The molecule has 0 radical (unpaired) electrons. The van der Waals surface area contributed by atoms with Gasteiger partial charge in [0, 0.05) is 36.8 Å². The predicted molar refractivity (Wildman–Crippen MR) is 134 cm³/mol. The molecule has 1 aromatic carbocycles. The van der Waals surface area contributed by atoms with Gasteiger partial charge in [0.1, 0.15) is 5.76 Å². The maximum absolute atomic E-state index is 11.8. The summed E-state index contributed by atoms with van der Waals surface area (Å²) < 4.78 is 5.51. The molecule has 1 aromatic heterocycles. The number of nitrogens with zero attached hydrogens (tertiary/aromatic N) is 2. The third kappa shape index (κ3) is 5.66. The van der Waals surface area contributed by atoms with Gasteiger partial charge in [-0.1, -0.05) is 18.2 Å². The Morgan fingerprint density at radius 1 is 1.12 bits per heavy atom. The van der Waals surface area contributed by atoms with Crippen molar-refractivity contribution in [1.29, 1.82) is 0 Å². The number of benzene rings is 1. The van der Waals surface area contributed by atoms with E-state index < -0.39 is 0 Å². The summed E-state index contributed by atoms with van der Waals surface area (Å²) in [6.45, 7) is 0.832. The summed E-state index contributed by atoms with van der Waals surface area (Å²) in [5.74, 6) is 1.15. The highest BCUT2D eigenvalue weighted by atomic mass is 32.2. The number of furan rings is 1. The number of nitrogens with one attached hydrogen (secondary N) is 3. The number of imide groups is 1. The van der Waals surface area contributed by atoms with Gasteiger partial charge in [0.05, 0.1) is 17.2 Å². The number of aliphatic imine (C=N–C) groups is 2. The van der Waals surface area contributed by atoms with E-state index in [0.29, 0.717) is 29.4 Å². The first kappa shape index (κ1) is 22.6. The molecule has 8 nitrogen and oxygen atoms in total. The zero-order valence-electron chi connectivity index (χ0n) is 18.7. The summed E-state index contributed by atoms with van der Waals surface area (Å²) in [5, 5.41) is 9.10. The normalized spacial score (nSPS) is 25.9. The topological polar surface area (TPSA) is 108 Å². The maximum Gasteiger partial charge on any atom is 0.290 e. The molecule has 1 atom stereocenters. The molecule has 0 spiro atoms. The second kappa shape index (κ2) is 10.4. The molecule has 0 bridgehead atoms. The van der Waals surface area contributed by atoms with Crippen LogP contribution >= 0.6 is 11.8 Å². The highest BCUT2D eigenvalue weighted by molar-refractivity contribution is 8.18. The van der Waals surface area contributed by atoms with Crippen LogP contribution in [0.3, 0.4) is 0 Å². The zero-order valence-corrected chi connectivity index (χ0v) is 19.5. The van der Waals surface area contributed by atoms with E-state index in [-0.39, 0.29) is 17.2 Å². The van der Waals surface area contributed by atoms with Gasteiger partial charge in [0.15, 0.2) is 0 Å². The molecule has 1 saturated carbocycles. The highest BCUT2D eigenvalue weighted by Gasteiger charge is 2.27. The van der Waals surface area contributed by atoms with Gasteiger partial charge in [-0.25, -0.2) is 9.98 Å². The molecular formula is C25H27N5O3S. The van der Waals surface area contributed by atoms with Gasteiger partial charge in [-0.3, -0.25) is 14.9 Å². The number of thioether (sulfide) groups is 1. The number of guanidine groups is 1. The second-order valence-corrected chi connectivity index (χ2v) is 9.71. The number of hydrogen-bond acceptors (Lipinski definition) is 8. The lowest BCUT2D eigenvalue weighted by atomic mass is 9.91. The molecule has 5 rings (SSSR count). The molecule has 34 heavy (non-hydrogen) atoms. The van der Waals surface area contributed by atoms with Crippen LogP contribution in [0.5, 0.6) is 0 Å². The van der Waals surface area contributed by atoms with Gasteiger partial charge in [0.2, 0.25) is 5.96 Å². The summed E-state index contributed by atoms with van der Waals surface area (Å²) in [4.78, 5) is 32.6. The molecule has 3 aliphatic rings. The van der Waals surface area contributed by atoms with Crippen LogP contribution in [0.4, 0.5) is 4.79 Å². The summed E-state index contributed by atoms with van der Waals surface area (Å²) in [6.07, 6.45) is 10.1. The van der Waals surface area contributed by atoms with E-state index >= 15 is 0 Å². The van der Waals surface area contributed by atoms with Gasteiger partial charge in [-0.15, -0.1) is 0 Å². The highest BCUT2D eigenvalue weighted by Crippen LogP contribution is 2.25. The van der Waals surface area contributed by atoms with E-state index in [4.69, 9.17) is 4.42 Å². The van der Waals surface area contributed by atoms with Crippen molar-refractivity contribution in [2.24, 2.45) is 9.98 Å². The quantitative estimate of drug-likeness (QED) is 0.543. The Morgan fingerprint density at radius 3 is 2.74 bits per heavy atom. The fourth-order valence-corrected chi connectivity index (χ4v) is 5.16. The Morgan fingerprint density at radius 2 is 1.97 bits per heavy atom. The lowest BCUT2D eigenvalue weighted by Gasteiger charge is -2.30. The van der Waals surface area contributed by atoms with E-state index in [1.807, 2.05) is 18.3 Å². The largest absolute Gasteiger partial charge is 0.464 e. The summed E-state index contributed by atoms with van der Waals surface area (Å²) in [6, 6.07) is 13.0. The Hall–Kier alpha value is -3.17. The SMILES string of the molecule is O=C1NC(=O)/C(=C/C2CC=NC(NC3CCC(NCc4cccc(-c5ccco5)c4)CC3)=N2)S1. The zero-order chi connectivity index (χ0) is 23.3. The smallest absolute Gasteiger partial charge is 0.290 e. The van der Waals surface area contributed by atoms with Gasteiger partial charge < -0.3 is 15.1 Å². The van der Waals surface area contributed by atoms with Crippen molar-refractivity contribution in [2.75, 3.05) is 0 Å². The van der Waals surface area contributed by atoms with Crippen LogP contribution in [0.2, 0.25) is 0 Å². The van der Waals surface area contributed by atoms with Crippen molar-refractivity contribution in [2.45, 2.75) is 56.8 Å². The number of amides is 2. The summed E-state index contributed by atoms with van der Waals surface area (Å²) >= 11 is 0.923. The third-order valence-corrected chi connectivity index (χ3v) is 7.05. The van der Waals surface area contributed by atoms with Crippen LogP contribution in [0.15, 0.2) is 68.0 Å². The lowest BCUT2D eigenvalue weighted by Crippen LogP contribution is -2.42. The molecule has 1 saturated heterocycles. The van der Waals surface area contributed by atoms with Crippen LogP contribution < -0.4 is 16.0 Å². The first-order valence-electron chi connectivity index (χ1n) is 11.6. The van der Waals surface area contributed by atoms with Crippen molar-refractivity contribution >= 4 is 35.1 Å². The van der Waals surface area contributed by atoms with Crippen molar-refractivity contribution in [3.8, 4) is 11.3 Å². The van der Waals surface area contributed by atoms with Crippen LogP contribution in [-0.2, 0) is 11.3 Å². The van der Waals surface area contributed by atoms with Gasteiger partial charge >= 0.3 is 0 Å². The van der Waals surface area contributed by atoms with E-state index in [1.165, 1.54) is 5.56 Å². The standard InChI is InChI=1S/C25H27N5O3S/c31-23-22(34-25(32)30-23)14-20-10-11-26-24(29-20)28-19-8-6-18(7-9-19)27-15-16-3-1-4-17(13-16)21-5-2-12-33-21/h1-5,11-14,18-20,27H,6-10,15H2,(H,28,29)(H,30,31,32)/b22-14-. The van der Waals surface area contributed by atoms with E-state index in [2.05, 4.69) is 50.2 Å². The molecular weight excluding hydrogens is 450 g/mol. The average Bonchev–Trinajstić information content (AvgIpc) is 3.49. The van der Waals surface area contributed by atoms with Crippen LogP contribution in [0.1, 0.15) is 37.7 Å². The third-order valence-electron chi connectivity index (χ3n) is 6.22. The van der Waals surface area contributed by atoms with Crippen LogP contribution in [0, 0.1) is 0 Å². The molecule has 176 valence electrons. The van der Waals surface area contributed by atoms with Crippen molar-refractivity contribution in [3.63, 3.8) is 0 Å². The minimum atomic E-state index is -0.347. The fraction of sp³-hybridized carbons (Fsp3) is 0.360. The van der Waals surface area contributed by atoms with E-state index in [1.54, 1.807) is 12.3 Å². The minimum absolute atomic E-state index is 0.186. The molecule has 2 aliphatic heterocycles. The molecule has 3 heterocycles. The Labute approximate surface area is 202 Å².